The molecule has 0 saturated carbocycles. The molecule has 1 N–H and O–H groups in total. The fraction of sp³-hybridized carbons (Fsp3) is 0.800. The number of aromatic nitrogens is 2. The van der Waals surface area contributed by atoms with Gasteiger partial charge in [-0.15, -0.1) is 0 Å². The standard InChI is InChI=1S/C15H29N3O/c1-6-10-18-12-13(11-17-18)14(16-5)15(7-2,8-3)19-9-4/h11-12,14,16H,6-10H2,1-5H3. The van der Waals surface area contributed by atoms with Crippen molar-refractivity contribution in [3.8, 4) is 0 Å². The zero-order valence-corrected chi connectivity index (χ0v) is 13.1. The summed E-state index contributed by atoms with van der Waals surface area (Å²) in [5.41, 5.74) is 1.07. The van der Waals surface area contributed by atoms with Crippen molar-refractivity contribution in [3.05, 3.63) is 18.0 Å². The third-order valence-corrected chi connectivity index (χ3v) is 3.88. The van der Waals surface area contributed by atoms with E-state index in [0.717, 1.165) is 32.4 Å². The summed E-state index contributed by atoms with van der Waals surface area (Å²) in [6, 6.07) is 0.188. The minimum Gasteiger partial charge on any atom is -0.373 e. The molecular formula is C15H29N3O. The Morgan fingerprint density at radius 2 is 2.00 bits per heavy atom. The van der Waals surface area contributed by atoms with Crippen LogP contribution in [-0.4, -0.2) is 29.0 Å². The Morgan fingerprint density at radius 3 is 2.47 bits per heavy atom. The summed E-state index contributed by atoms with van der Waals surface area (Å²) >= 11 is 0. The second kappa shape index (κ2) is 7.65. The second-order valence-corrected chi connectivity index (χ2v) is 4.96. The molecule has 1 aromatic rings. The summed E-state index contributed by atoms with van der Waals surface area (Å²) in [7, 11) is 2.00. The minimum absolute atomic E-state index is 0.149. The molecule has 0 amide bonds. The first-order valence-corrected chi connectivity index (χ1v) is 7.50. The van der Waals surface area contributed by atoms with Crippen molar-refractivity contribution in [3.63, 3.8) is 0 Å². The van der Waals surface area contributed by atoms with Gasteiger partial charge in [-0.2, -0.15) is 5.10 Å². The molecule has 4 heteroatoms. The number of likely N-dealkylation sites (N-methyl/N-ethyl adjacent to an activating group) is 1. The number of hydrogen-bond acceptors (Lipinski definition) is 3. The Hall–Kier alpha value is -0.870. The van der Waals surface area contributed by atoms with Gasteiger partial charge in [-0.1, -0.05) is 20.8 Å². The summed E-state index contributed by atoms with van der Waals surface area (Å²) in [5.74, 6) is 0. The molecule has 1 heterocycles. The van der Waals surface area contributed by atoms with Crippen molar-refractivity contribution < 1.29 is 4.74 Å². The van der Waals surface area contributed by atoms with E-state index in [1.165, 1.54) is 5.56 Å². The molecule has 0 aliphatic carbocycles. The molecule has 4 nitrogen and oxygen atoms in total. The minimum atomic E-state index is -0.149. The second-order valence-electron chi connectivity index (χ2n) is 4.96. The van der Waals surface area contributed by atoms with Crippen LogP contribution in [0.1, 0.15) is 58.6 Å². The lowest BCUT2D eigenvalue weighted by Gasteiger charge is -2.39. The molecular weight excluding hydrogens is 238 g/mol. The third-order valence-electron chi connectivity index (χ3n) is 3.88. The molecule has 0 radical (unpaired) electrons. The normalized spacial score (nSPS) is 13.7. The highest BCUT2D eigenvalue weighted by atomic mass is 16.5. The smallest absolute Gasteiger partial charge is 0.0871 e. The lowest BCUT2D eigenvalue weighted by atomic mass is 9.85. The predicted octanol–water partition coefficient (Wildman–Crippen LogP) is 3.15. The number of rotatable bonds is 9. The molecule has 110 valence electrons. The predicted molar refractivity (Wildman–Crippen MR) is 79.3 cm³/mol. The van der Waals surface area contributed by atoms with E-state index in [1.807, 2.05) is 17.9 Å². The van der Waals surface area contributed by atoms with Crippen LogP contribution in [0.15, 0.2) is 12.4 Å². The van der Waals surface area contributed by atoms with Gasteiger partial charge in [0.1, 0.15) is 0 Å². The summed E-state index contributed by atoms with van der Waals surface area (Å²) < 4.78 is 8.12. The molecule has 19 heavy (non-hydrogen) atoms. The largest absolute Gasteiger partial charge is 0.373 e. The van der Waals surface area contributed by atoms with Crippen LogP contribution in [-0.2, 0) is 11.3 Å². The number of nitrogens with one attached hydrogen (secondary N) is 1. The van der Waals surface area contributed by atoms with Gasteiger partial charge in [0.15, 0.2) is 0 Å². The van der Waals surface area contributed by atoms with Crippen LogP contribution >= 0.6 is 0 Å². The summed E-state index contributed by atoms with van der Waals surface area (Å²) in [5, 5.41) is 7.86. The Labute approximate surface area is 117 Å². The zero-order chi connectivity index (χ0) is 14.3. The van der Waals surface area contributed by atoms with E-state index in [9.17, 15) is 0 Å². The molecule has 1 rings (SSSR count). The average Bonchev–Trinajstić information content (AvgIpc) is 2.87. The SMILES string of the molecule is CCCn1cc(C(NC)C(CC)(CC)OCC)cn1. The Bertz CT molecular complexity index is 358. The first-order chi connectivity index (χ1) is 9.17. The van der Waals surface area contributed by atoms with E-state index in [0.29, 0.717) is 0 Å². The maximum atomic E-state index is 6.11. The fourth-order valence-electron chi connectivity index (χ4n) is 2.85. The Morgan fingerprint density at radius 1 is 1.32 bits per heavy atom. The maximum Gasteiger partial charge on any atom is 0.0871 e. The van der Waals surface area contributed by atoms with Crippen molar-refractivity contribution in [2.75, 3.05) is 13.7 Å². The number of nitrogens with zero attached hydrogens (tertiary/aromatic N) is 2. The van der Waals surface area contributed by atoms with E-state index in [1.54, 1.807) is 0 Å². The molecule has 0 aliphatic rings. The molecule has 1 unspecified atom stereocenters. The van der Waals surface area contributed by atoms with E-state index in [4.69, 9.17) is 4.74 Å². The summed E-state index contributed by atoms with van der Waals surface area (Å²) in [4.78, 5) is 0. The maximum absolute atomic E-state index is 6.11. The molecule has 1 aromatic heterocycles. The number of aryl methyl sites for hydroxylation is 1. The van der Waals surface area contributed by atoms with E-state index in [2.05, 4.69) is 44.3 Å². The van der Waals surface area contributed by atoms with Crippen LogP contribution in [0.25, 0.3) is 0 Å². The van der Waals surface area contributed by atoms with Gasteiger partial charge in [-0.25, -0.2) is 0 Å². The van der Waals surface area contributed by atoms with Crippen molar-refractivity contribution in [1.82, 2.24) is 15.1 Å². The molecule has 0 bridgehead atoms. The van der Waals surface area contributed by atoms with Crippen LogP contribution in [0.5, 0.6) is 0 Å². The van der Waals surface area contributed by atoms with E-state index in [-0.39, 0.29) is 11.6 Å². The highest BCUT2D eigenvalue weighted by molar-refractivity contribution is 5.16. The molecule has 0 spiro atoms. The van der Waals surface area contributed by atoms with Gasteiger partial charge in [0.25, 0.3) is 0 Å². The quantitative estimate of drug-likeness (QED) is 0.747. The van der Waals surface area contributed by atoms with E-state index < -0.39 is 0 Å². The Balaban J connectivity index is 3.01. The van der Waals surface area contributed by atoms with Crippen molar-refractivity contribution in [2.24, 2.45) is 0 Å². The van der Waals surface area contributed by atoms with Gasteiger partial charge in [0.2, 0.25) is 0 Å². The van der Waals surface area contributed by atoms with Gasteiger partial charge in [-0.05, 0) is 33.2 Å². The van der Waals surface area contributed by atoms with Crippen molar-refractivity contribution >= 4 is 0 Å². The molecule has 0 fully saturated rings. The van der Waals surface area contributed by atoms with Crippen LogP contribution in [0, 0.1) is 0 Å². The van der Waals surface area contributed by atoms with Crippen molar-refractivity contribution in [2.45, 2.75) is 65.1 Å². The first-order valence-electron chi connectivity index (χ1n) is 7.50. The van der Waals surface area contributed by atoms with Crippen LogP contribution < -0.4 is 5.32 Å². The van der Waals surface area contributed by atoms with Gasteiger partial charge < -0.3 is 10.1 Å². The number of ether oxygens (including phenoxy) is 1. The number of hydrogen-bond donors (Lipinski definition) is 1. The topological polar surface area (TPSA) is 39.1 Å². The molecule has 0 aromatic carbocycles. The zero-order valence-electron chi connectivity index (χ0n) is 13.1. The Kier molecular flexibility index (Phi) is 6.52. The van der Waals surface area contributed by atoms with Gasteiger partial charge in [0, 0.05) is 24.9 Å². The molecule has 0 aliphatic heterocycles. The van der Waals surface area contributed by atoms with Crippen LogP contribution in [0.2, 0.25) is 0 Å². The van der Waals surface area contributed by atoms with Crippen LogP contribution in [0.3, 0.4) is 0 Å². The molecule has 1 atom stereocenters. The van der Waals surface area contributed by atoms with Gasteiger partial charge in [-0.3, -0.25) is 4.68 Å². The first kappa shape index (κ1) is 16.2. The van der Waals surface area contributed by atoms with Gasteiger partial charge in [0.05, 0.1) is 17.8 Å². The van der Waals surface area contributed by atoms with Gasteiger partial charge >= 0.3 is 0 Å². The lowest BCUT2D eigenvalue weighted by Crippen LogP contribution is -2.44. The fourth-order valence-corrected chi connectivity index (χ4v) is 2.85. The molecule has 0 saturated heterocycles. The third kappa shape index (κ3) is 3.57. The highest BCUT2D eigenvalue weighted by Gasteiger charge is 2.37. The monoisotopic (exact) mass is 267 g/mol. The lowest BCUT2D eigenvalue weighted by molar-refractivity contribution is -0.0718. The van der Waals surface area contributed by atoms with E-state index >= 15 is 0 Å². The average molecular weight is 267 g/mol. The highest BCUT2D eigenvalue weighted by Crippen LogP contribution is 2.35. The summed E-state index contributed by atoms with van der Waals surface area (Å²) in [6.07, 6.45) is 7.19. The van der Waals surface area contributed by atoms with Crippen molar-refractivity contribution in [1.29, 1.82) is 0 Å². The summed E-state index contributed by atoms with van der Waals surface area (Å²) in [6.45, 7) is 10.3. The van der Waals surface area contributed by atoms with Crippen LogP contribution in [0.4, 0.5) is 0 Å².